The molecule has 0 fully saturated rings. The molecule has 2 heterocycles. The van der Waals surface area contributed by atoms with E-state index in [1.54, 1.807) is 24.5 Å². The van der Waals surface area contributed by atoms with Gasteiger partial charge in [0.2, 0.25) is 0 Å². The zero-order valence-electron chi connectivity index (χ0n) is 18.1. The summed E-state index contributed by atoms with van der Waals surface area (Å²) in [6.07, 6.45) is 3.54. The quantitative estimate of drug-likeness (QED) is 0.370. The van der Waals surface area contributed by atoms with Gasteiger partial charge in [-0.25, -0.2) is 0 Å². The maximum Gasteiger partial charge on any atom is 2.00 e. The van der Waals surface area contributed by atoms with Crippen molar-refractivity contribution in [2.24, 2.45) is 0 Å². The molecule has 156 valence electrons. The second-order valence-electron chi connectivity index (χ2n) is 5.83. The second-order valence-corrected chi connectivity index (χ2v) is 5.83. The molecule has 1 atom stereocenters. The van der Waals surface area contributed by atoms with Crippen molar-refractivity contribution in [2.75, 3.05) is 14.1 Å². The molecule has 6 heteroatoms. The molecule has 3 aromatic rings. The number of hydrogen-bond donors (Lipinski definition) is 0. The van der Waals surface area contributed by atoms with Gasteiger partial charge in [0, 0.05) is 32.3 Å². The minimum atomic E-state index is 0. The number of aromatic nitrogens is 2. The SMILES string of the molecule is CC#N.CC#N.C[C@@H](c1[c-]cccc1)N(C)C.[Ru+2].c1ccc(-c2ccccn2)nc1. The Morgan fingerprint density at radius 2 is 1.27 bits per heavy atom. The molecule has 3 rings (SSSR count). The molecule has 0 saturated carbocycles. The molecule has 5 nitrogen and oxygen atoms in total. The Morgan fingerprint density at radius 3 is 1.57 bits per heavy atom. The summed E-state index contributed by atoms with van der Waals surface area (Å²) in [4.78, 5) is 10.5. The Labute approximate surface area is 193 Å². The second kappa shape index (κ2) is 19.4. The van der Waals surface area contributed by atoms with Crippen molar-refractivity contribution in [2.45, 2.75) is 26.8 Å². The Bertz CT molecular complexity index is 792. The Morgan fingerprint density at radius 1 is 0.833 bits per heavy atom. The molecular formula is C24H28N5Ru+. The van der Waals surface area contributed by atoms with E-state index in [1.807, 2.05) is 54.6 Å². The van der Waals surface area contributed by atoms with E-state index in [0.29, 0.717) is 6.04 Å². The first-order valence-corrected chi connectivity index (χ1v) is 9.08. The summed E-state index contributed by atoms with van der Waals surface area (Å²) in [5.74, 6) is 0. The van der Waals surface area contributed by atoms with Crippen LogP contribution >= 0.6 is 0 Å². The van der Waals surface area contributed by atoms with Gasteiger partial charge in [0.25, 0.3) is 0 Å². The van der Waals surface area contributed by atoms with Crippen molar-refractivity contribution in [3.05, 3.63) is 84.7 Å². The Hall–Kier alpha value is -2.92. The molecule has 0 bridgehead atoms. The van der Waals surface area contributed by atoms with Gasteiger partial charge in [0.1, 0.15) is 0 Å². The van der Waals surface area contributed by atoms with Crippen molar-refractivity contribution >= 4 is 0 Å². The van der Waals surface area contributed by atoms with Gasteiger partial charge in [-0.3, -0.25) is 9.97 Å². The summed E-state index contributed by atoms with van der Waals surface area (Å²) in [5.41, 5.74) is 3.08. The van der Waals surface area contributed by atoms with E-state index in [9.17, 15) is 0 Å². The van der Waals surface area contributed by atoms with Gasteiger partial charge < -0.3 is 4.90 Å². The molecule has 0 amide bonds. The summed E-state index contributed by atoms with van der Waals surface area (Å²) in [6.45, 7) is 5.03. The summed E-state index contributed by atoms with van der Waals surface area (Å²) in [6, 6.07) is 26.9. The van der Waals surface area contributed by atoms with Crippen LogP contribution in [0.2, 0.25) is 0 Å². The van der Waals surface area contributed by atoms with Crippen LogP contribution in [0.5, 0.6) is 0 Å². The van der Waals surface area contributed by atoms with Crippen LogP contribution in [0.25, 0.3) is 11.4 Å². The molecule has 1 aromatic carbocycles. The first-order valence-electron chi connectivity index (χ1n) is 9.08. The van der Waals surface area contributed by atoms with Crippen LogP contribution in [0.4, 0.5) is 0 Å². The van der Waals surface area contributed by atoms with Crippen LogP contribution < -0.4 is 0 Å². The number of nitriles is 2. The number of nitrogens with zero attached hydrogens (tertiary/aromatic N) is 5. The van der Waals surface area contributed by atoms with Gasteiger partial charge in [0.05, 0.1) is 23.5 Å². The van der Waals surface area contributed by atoms with Crippen LogP contribution in [0, 0.1) is 28.7 Å². The monoisotopic (exact) mass is 488 g/mol. The summed E-state index contributed by atoms with van der Waals surface area (Å²) < 4.78 is 0. The number of hydrogen-bond acceptors (Lipinski definition) is 5. The first kappa shape index (κ1) is 29.3. The van der Waals surface area contributed by atoms with Gasteiger partial charge in [0.15, 0.2) is 0 Å². The molecule has 30 heavy (non-hydrogen) atoms. The molecule has 0 aliphatic carbocycles. The van der Waals surface area contributed by atoms with E-state index in [2.05, 4.69) is 48.0 Å². The van der Waals surface area contributed by atoms with E-state index in [1.165, 1.54) is 19.4 Å². The van der Waals surface area contributed by atoms with E-state index < -0.39 is 0 Å². The summed E-state index contributed by atoms with van der Waals surface area (Å²) in [5, 5.41) is 14.6. The normalized spacial score (nSPS) is 9.33. The topological polar surface area (TPSA) is 76.6 Å². The predicted octanol–water partition coefficient (Wildman–Crippen LogP) is 5.31. The van der Waals surface area contributed by atoms with Crippen LogP contribution in [-0.4, -0.2) is 29.0 Å². The number of rotatable bonds is 3. The van der Waals surface area contributed by atoms with Gasteiger partial charge in [-0.05, 0) is 45.3 Å². The fourth-order valence-corrected chi connectivity index (χ4v) is 1.97. The summed E-state index contributed by atoms with van der Waals surface area (Å²) in [7, 11) is 4.15. The van der Waals surface area contributed by atoms with Gasteiger partial charge in [-0.15, -0.1) is 5.56 Å². The van der Waals surface area contributed by atoms with Gasteiger partial charge in [-0.1, -0.05) is 12.1 Å². The third-order valence-corrected chi connectivity index (χ3v) is 3.55. The third kappa shape index (κ3) is 13.3. The molecule has 0 saturated heterocycles. The number of benzene rings is 1. The van der Waals surface area contributed by atoms with Crippen molar-refractivity contribution in [1.82, 2.24) is 14.9 Å². The van der Waals surface area contributed by atoms with Crippen LogP contribution in [0.15, 0.2) is 73.1 Å². The van der Waals surface area contributed by atoms with Crippen LogP contribution in [0.1, 0.15) is 32.4 Å². The predicted molar refractivity (Wildman–Crippen MR) is 117 cm³/mol. The smallest absolute Gasteiger partial charge is 0.305 e. The molecular weight excluding hydrogens is 459 g/mol. The maximum absolute atomic E-state index is 7.32. The molecule has 0 aliphatic rings. The Kier molecular flexibility index (Phi) is 18.9. The molecule has 0 spiro atoms. The van der Waals surface area contributed by atoms with Crippen LogP contribution in [-0.2, 0) is 19.5 Å². The van der Waals surface area contributed by atoms with Crippen molar-refractivity contribution < 1.29 is 19.5 Å². The zero-order chi connectivity index (χ0) is 21.9. The third-order valence-electron chi connectivity index (χ3n) is 3.55. The standard InChI is InChI=1S/C10H8N2.C10H14N.2C2H3N.Ru/c1-3-7-11-9(5-1)10-6-2-4-8-12-10;1-9(11(2)3)10-7-5-4-6-8-10;2*1-2-3;/h1-8H;4-7,9H,1-3H3;2*1H3;/q;-1;;;+2/t;9-;;;/m.0.../s1. The van der Waals surface area contributed by atoms with E-state index in [0.717, 1.165) is 11.4 Å². The zero-order valence-corrected chi connectivity index (χ0v) is 19.8. The molecule has 0 aliphatic heterocycles. The average Bonchev–Trinajstić information content (AvgIpc) is 2.76. The molecule has 0 N–H and O–H groups in total. The molecule has 0 unspecified atom stereocenters. The fraction of sp³-hybridized carbons (Fsp3) is 0.250. The maximum atomic E-state index is 7.32. The minimum Gasteiger partial charge on any atom is -0.305 e. The van der Waals surface area contributed by atoms with E-state index in [4.69, 9.17) is 10.5 Å². The number of pyridine rings is 2. The average molecular weight is 488 g/mol. The van der Waals surface area contributed by atoms with Crippen molar-refractivity contribution in [3.8, 4) is 23.5 Å². The van der Waals surface area contributed by atoms with Crippen LogP contribution in [0.3, 0.4) is 0 Å². The molecule has 2 aromatic heterocycles. The largest absolute Gasteiger partial charge is 2.00 e. The Balaban J connectivity index is 0. The van der Waals surface area contributed by atoms with Gasteiger partial charge in [-0.2, -0.15) is 40.9 Å². The van der Waals surface area contributed by atoms with Gasteiger partial charge >= 0.3 is 19.5 Å². The summed E-state index contributed by atoms with van der Waals surface area (Å²) >= 11 is 0. The minimum absolute atomic E-state index is 0. The van der Waals surface area contributed by atoms with E-state index >= 15 is 0 Å². The fourth-order valence-electron chi connectivity index (χ4n) is 1.97. The first-order chi connectivity index (χ1) is 14.0. The van der Waals surface area contributed by atoms with Crippen molar-refractivity contribution in [1.29, 1.82) is 10.5 Å². The molecule has 0 radical (unpaired) electrons. The van der Waals surface area contributed by atoms with Crippen molar-refractivity contribution in [3.63, 3.8) is 0 Å². The van der Waals surface area contributed by atoms with E-state index in [-0.39, 0.29) is 19.5 Å².